The van der Waals surface area contributed by atoms with Crippen molar-refractivity contribution in [1.29, 1.82) is 0 Å². The van der Waals surface area contributed by atoms with E-state index in [0.717, 1.165) is 29.7 Å². The molecule has 1 fully saturated rings. The minimum absolute atomic E-state index is 0.0199. The molecule has 1 aliphatic rings. The summed E-state index contributed by atoms with van der Waals surface area (Å²) in [7, 11) is 0. The van der Waals surface area contributed by atoms with E-state index >= 15 is 0 Å². The average Bonchev–Trinajstić information content (AvgIpc) is 2.60. The molecule has 1 N–H and O–H groups in total. The summed E-state index contributed by atoms with van der Waals surface area (Å²) in [6, 6.07) is 9.73. The third-order valence-electron chi connectivity index (χ3n) is 3.75. The van der Waals surface area contributed by atoms with Crippen LogP contribution in [0.25, 0.3) is 10.9 Å². The third-order valence-corrected chi connectivity index (χ3v) is 3.75. The summed E-state index contributed by atoms with van der Waals surface area (Å²) in [5.41, 5.74) is 0.842. The first-order valence-corrected chi connectivity index (χ1v) is 7.86. The number of rotatable bonds is 6. The molecule has 0 radical (unpaired) electrons. The molecule has 1 aromatic heterocycles. The predicted octanol–water partition coefficient (Wildman–Crippen LogP) is 1.06. The molecule has 0 unspecified atom stereocenters. The standard InChI is InChI=1S/C17H21N3O3/c21-16(13-20-8-11-22-12-9-20)18-7-10-23-15-5-1-3-14-4-2-6-19-17(14)15/h1-6H,7-13H2,(H,18,21). The summed E-state index contributed by atoms with van der Waals surface area (Å²) >= 11 is 0. The average molecular weight is 315 g/mol. The maximum absolute atomic E-state index is 11.9. The second-order valence-electron chi connectivity index (χ2n) is 5.42. The number of carbonyl (C=O) groups excluding carboxylic acids is 1. The Morgan fingerprint density at radius 1 is 1.26 bits per heavy atom. The minimum atomic E-state index is 0.0199. The Kier molecular flexibility index (Phi) is 5.39. The van der Waals surface area contributed by atoms with Gasteiger partial charge in [0, 0.05) is 24.7 Å². The van der Waals surface area contributed by atoms with Gasteiger partial charge in [0.1, 0.15) is 17.9 Å². The predicted molar refractivity (Wildman–Crippen MR) is 87.5 cm³/mol. The van der Waals surface area contributed by atoms with Gasteiger partial charge in [-0.1, -0.05) is 18.2 Å². The van der Waals surface area contributed by atoms with Crippen molar-refractivity contribution >= 4 is 16.8 Å². The summed E-state index contributed by atoms with van der Waals surface area (Å²) in [4.78, 5) is 18.3. The molecule has 0 bridgehead atoms. The van der Waals surface area contributed by atoms with Gasteiger partial charge in [-0.25, -0.2) is 0 Å². The molecular formula is C17H21N3O3. The third kappa shape index (κ3) is 4.40. The second-order valence-corrected chi connectivity index (χ2v) is 5.42. The van der Waals surface area contributed by atoms with Crippen LogP contribution >= 0.6 is 0 Å². The van der Waals surface area contributed by atoms with Gasteiger partial charge in [0.15, 0.2) is 0 Å². The first kappa shape index (κ1) is 15.7. The van der Waals surface area contributed by atoms with Crippen LogP contribution in [0.15, 0.2) is 36.5 Å². The van der Waals surface area contributed by atoms with E-state index in [1.165, 1.54) is 0 Å². The maximum atomic E-state index is 11.9. The number of nitrogens with zero attached hydrogens (tertiary/aromatic N) is 2. The summed E-state index contributed by atoms with van der Waals surface area (Å²) in [6.45, 7) is 4.34. The SMILES string of the molecule is O=C(CN1CCOCC1)NCCOc1cccc2cccnc12. The highest BCUT2D eigenvalue weighted by atomic mass is 16.5. The number of aromatic nitrogens is 1. The lowest BCUT2D eigenvalue weighted by Crippen LogP contribution is -2.43. The fourth-order valence-electron chi connectivity index (χ4n) is 2.56. The van der Waals surface area contributed by atoms with Gasteiger partial charge in [0.25, 0.3) is 0 Å². The number of nitrogens with one attached hydrogen (secondary N) is 1. The Bertz CT molecular complexity index is 651. The summed E-state index contributed by atoms with van der Waals surface area (Å²) in [5, 5.41) is 3.92. The van der Waals surface area contributed by atoms with E-state index in [2.05, 4.69) is 15.2 Å². The number of para-hydroxylation sites is 1. The number of carbonyl (C=O) groups is 1. The van der Waals surface area contributed by atoms with Crippen LogP contribution in [-0.2, 0) is 9.53 Å². The van der Waals surface area contributed by atoms with Crippen molar-refractivity contribution in [3.05, 3.63) is 36.5 Å². The van der Waals surface area contributed by atoms with Gasteiger partial charge in [-0.2, -0.15) is 0 Å². The molecule has 2 aromatic rings. The topological polar surface area (TPSA) is 63.7 Å². The Morgan fingerprint density at radius 2 is 2.09 bits per heavy atom. The van der Waals surface area contributed by atoms with Crippen molar-refractivity contribution in [2.24, 2.45) is 0 Å². The van der Waals surface area contributed by atoms with Crippen molar-refractivity contribution in [2.75, 3.05) is 46.0 Å². The normalized spacial score (nSPS) is 15.5. The Morgan fingerprint density at radius 3 is 2.96 bits per heavy atom. The Labute approximate surface area is 135 Å². The zero-order valence-corrected chi connectivity index (χ0v) is 13.0. The monoisotopic (exact) mass is 315 g/mol. The molecule has 1 saturated heterocycles. The van der Waals surface area contributed by atoms with Crippen LogP contribution in [0.2, 0.25) is 0 Å². The summed E-state index contributed by atoms with van der Waals surface area (Å²) < 4.78 is 11.0. The van der Waals surface area contributed by atoms with Gasteiger partial charge in [-0.15, -0.1) is 0 Å². The number of morpholine rings is 1. The van der Waals surface area contributed by atoms with Crippen molar-refractivity contribution in [1.82, 2.24) is 15.2 Å². The van der Waals surface area contributed by atoms with E-state index in [0.29, 0.717) is 32.9 Å². The molecule has 0 saturated carbocycles. The van der Waals surface area contributed by atoms with E-state index in [9.17, 15) is 4.79 Å². The number of hydrogen-bond donors (Lipinski definition) is 1. The van der Waals surface area contributed by atoms with Crippen molar-refractivity contribution < 1.29 is 14.3 Å². The van der Waals surface area contributed by atoms with Crippen molar-refractivity contribution in [2.45, 2.75) is 0 Å². The molecule has 1 aliphatic heterocycles. The molecule has 0 spiro atoms. The Hall–Kier alpha value is -2.18. The van der Waals surface area contributed by atoms with Crippen LogP contribution in [0.5, 0.6) is 5.75 Å². The summed E-state index contributed by atoms with van der Waals surface area (Å²) in [5.74, 6) is 0.761. The first-order chi connectivity index (χ1) is 11.3. The molecule has 6 nitrogen and oxygen atoms in total. The number of pyridine rings is 1. The van der Waals surface area contributed by atoms with Gasteiger partial charge in [0.05, 0.1) is 26.3 Å². The first-order valence-electron chi connectivity index (χ1n) is 7.86. The van der Waals surface area contributed by atoms with Crippen LogP contribution in [0.3, 0.4) is 0 Å². The molecular weight excluding hydrogens is 294 g/mol. The van der Waals surface area contributed by atoms with Crippen molar-refractivity contribution in [3.63, 3.8) is 0 Å². The molecule has 1 aromatic carbocycles. The maximum Gasteiger partial charge on any atom is 0.234 e. The summed E-state index contributed by atoms with van der Waals surface area (Å²) in [6.07, 6.45) is 1.75. The molecule has 6 heteroatoms. The highest BCUT2D eigenvalue weighted by Gasteiger charge is 2.13. The van der Waals surface area contributed by atoms with Gasteiger partial charge in [0.2, 0.25) is 5.91 Å². The number of benzene rings is 1. The number of amides is 1. The van der Waals surface area contributed by atoms with Crippen LogP contribution in [0.1, 0.15) is 0 Å². The van der Waals surface area contributed by atoms with Crippen LogP contribution in [0.4, 0.5) is 0 Å². The van der Waals surface area contributed by atoms with E-state index in [4.69, 9.17) is 9.47 Å². The van der Waals surface area contributed by atoms with E-state index < -0.39 is 0 Å². The van der Waals surface area contributed by atoms with Gasteiger partial charge >= 0.3 is 0 Å². The van der Waals surface area contributed by atoms with Gasteiger partial charge in [-0.05, 0) is 12.1 Å². The number of fused-ring (bicyclic) bond motifs is 1. The molecule has 1 amide bonds. The van der Waals surface area contributed by atoms with Crippen LogP contribution in [0, 0.1) is 0 Å². The molecule has 0 atom stereocenters. The van der Waals surface area contributed by atoms with Gasteiger partial charge < -0.3 is 14.8 Å². The zero-order valence-electron chi connectivity index (χ0n) is 13.0. The lowest BCUT2D eigenvalue weighted by Gasteiger charge is -2.25. The number of hydrogen-bond acceptors (Lipinski definition) is 5. The highest BCUT2D eigenvalue weighted by molar-refractivity contribution is 5.84. The largest absolute Gasteiger partial charge is 0.489 e. The highest BCUT2D eigenvalue weighted by Crippen LogP contribution is 2.22. The Balaban J connectivity index is 1.43. The molecule has 0 aliphatic carbocycles. The smallest absolute Gasteiger partial charge is 0.234 e. The molecule has 2 heterocycles. The quantitative estimate of drug-likeness (QED) is 0.808. The molecule has 122 valence electrons. The van der Waals surface area contributed by atoms with E-state index in [-0.39, 0.29) is 5.91 Å². The van der Waals surface area contributed by atoms with E-state index in [1.807, 2.05) is 30.3 Å². The van der Waals surface area contributed by atoms with E-state index in [1.54, 1.807) is 6.20 Å². The fourth-order valence-corrected chi connectivity index (χ4v) is 2.56. The zero-order chi connectivity index (χ0) is 15.9. The molecule has 3 rings (SSSR count). The number of ether oxygens (including phenoxy) is 2. The lowest BCUT2D eigenvalue weighted by molar-refractivity contribution is -0.123. The van der Waals surface area contributed by atoms with Gasteiger partial charge in [-0.3, -0.25) is 14.7 Å². The van der Waals surface area contributed by atoms with Crippen LogP contribution < -0.4 is 10.1 Å². The van der Waals surface area contributed by atoms with Crippen LogP contribution in [-0.4, -0.2) is 61.8 Å². The lowest BCUT2D eigenvalue weighted by atomic mass is 10.2. The second kappa shape index (κ2) is 7.89. The minimum Gasteiger partial charge on any atom is -0.489 e. The fraction of sp³-hybridized carbons (Fsp3) is 0.412. The van der Waals surface area contributed by atoms with Crippen molar-refractivity contribution in [3.8, 4) is 5.75 Å². The molecule has 23 heavy (non-hydrogen) atoms.